The van der Waals surface area contributed by atoms with E-state index in [1.54, 1.807) is 109 Å². The van der Waals surface area contributed by atoms with Crippen LogP contribution in [0, 0.1) is 0 Å². The highest BCUT2D eigenvalue weighted by molar-refractivity contribution is 7.92. The van der Waals surface area contributed by atoms with Crippen molar-refractivity contribution >= 4 is 50.1 Å². The van der Waals surface area contributed by atoms with Crippen LogP contribution in [0.2, 0.25) is 0 Å². The minimum Gasteiger partial charge on any atom is -0.490 e. The minimum atomic E-state index is -3.86. The molecule has 65 heavy (non-hydrogen) atoms. The Morgan fingerprint density at radius 3 is 1.66 bits per heavy atom. The molecular formula is C50H44N2O11S2. The zero-order chi connectivity index (χ0) is 45.6. The fraction of sp³-hybridized carbons (Fsp3) is 0.120. The van der Waals surface area contributed by atoms with E-state index in [2.05, 4.69) is 4.72 Å². The number of ether oxygens (including phenoxy) is 5. The van der Waals surface area contributed by atoms with E-state index in [0.29, 0.717) is 51.2 Å². The molecule has 0 bridgehead atoms. The molecular weight excluding hydrogens is 869 g/mol. The van der Waals surface area contributed by atoms with E-state index in [-0.39, 0.29) is 49.3 Å². The van der Waals surface area contributed by atoms with E-state index in [1.807, 2.05) is 42.5 Å². The van der Waals surface area contributed by atoms with Crippen LogP contribution >= 0.6 is 0 Å². The molecule has 0 aliphatic carbocycles. The van der Waals surface area contributed by atoms with Crippen LogP contribution in [0.4, 0.5) is 17.1 Å². The summed E-state index contributed by atoms with van der Waals surface area (Å²) in [6.07, 6.45) is -0.0774. The van der Waals surface area contributed by atoms with Gasteiger partial charge in [-0.15, -0.1) is 0 Å². The number of carbonyl (C=O) groups excluding carboxylic acids is 2. The molecule has 0 radical (unpaired) electrons. The summed E-state index contributed by atoms with van der Waals surface area (Å²) in [5.41, 5.74) is 4.47. The zero-order valence-corrected chi connectivity index (χ0v) is 36.7. The van der Waals surface area contributed by atoms with Crippen LogP contribution in [0.5, 0.6) is 28.7 Å². The van der Waals surface area contributed by atoms with Crippen LogP contribution in [0.15, 0.2) is 181 Å². The summed E-state index contributed by atoms with van der Waals surface area (Å²) in [5.74, 6) is 1.41. The molecule has 0 saturated carbocycles. The average molecular weight is 913 g/mol. The Bertz CT molecular complexity index is 2820. The van der Waals surface area contributed by atoms with Gasteiger partial charge < -0.3 is 23.7 Å². The second-order valence-electron chi connectivity index (χ2n) is 14.2. The second kappa shape index (κ2) is 21.8. The molecule has 0 aromatic heterocycles. The maximum Gasteiger partial charge on any atom is 0.315 e. The normalized spacial score (nSPS) is 11.5. The number of hydrogen-bond donors (Lipinski definition) is 2. The van der Waals surface area contributed by atoms with Gasteiger partial charge in [0.25, 0.3) is 21.3 Å². The van der Waals surface area contributed by atoms with Crippen molar-refractivity contribution < 1.29 is 50.5 Å². The van der Waals surface area contributed by atoms with Gasteiger partial charge in [0.05, 0.1) is 22.7 Å². The lowest BCUT2D eigenvalue weighted by molar-refractivity contribution is -0.133. The highest BCUT2D eigenvalue weighted by atomic mass is 32.2. The van der Waals surface area contributed by atoms with Gasteiger partial charge in [-0.05, 0) is 109 Å². The quantitative estimate of drug-likeness (QED) is 0.0232. The van der Waals surface area contributed by atoms with Crippen LogP contribution in [0.1, 0.15) is 22.8 Å². The van der Waals surface area contributed by atoms with Gasteiger partial charge in [-0.3, -0.25) is 18.9 Å². The molecule has 0 amide bonds. The molecule has 1 unspecified atom stereocenters. The number of hydrogen-bond acceptors (Lipinski definition) is 10. The number of Topliss-reactive ketones (excluding diaryl/α,β-unsaturated/α-hetero) is 1. The Morgan fingerprint density at radius 2 is 1.06 bits per heavy atom. The summed E-state index contributed by atoms with van der Waals surface area (Å²) < 4.78 is 81.2. The number of nitrogens with one attached hydrogen (secondary N) is 1. The molecule has 7 aromatic rings. The monoisotopic (exact) mass is 912 g/mol. The molecule has 13 nitrogen and oxygen atoms in total. The third-order valence-electron chi connectivity index (χ3n) is 9.71. The first-order valence-electron chi connectivity index (χ1n) is 20.3. The number of ketones is 1. The predicted octanol–water partition coefficient (Wildman–Crippen LogP) is 9.70. The van der Waals surface area contributed by atoms with Gasteiger partial charge in [0, 0.05) is 16.8 Å². The summed E-state index contributed by atoms with van der Waals surface area (Å²) >= 11 is -2.32. The maximum atomic E-state index is 13.2. The molecule has 0 fully saturated rings. The molecule has 0 aliphatic heterocycles. The van der Waals surface area contributed by atoms with Crippen molar-refractivity contribution in [3.05, 3.63) is 187 Å². The summed E-state index contributed by atoms with van der Waals surface area (Å²) in [5, 5.41) is 0. The lowest BCUT2D eigenvalue weighted by Crippen LogP contribution is -2.19. The number of nitrogens with zero attached hydrogens (tertiary/aromatic N) is 1. The van der Waals surface area contributed by atoms with Crippen molar-refractivity contribution in [1.29, 1.82) is 0 Å². The highest BCUT2D eigenvalue weighted by Gasteiger charge is 2.18. The van der Waals surface area contributed by atoms with E-state index >= 15 is 0 Å². The van der Waals surface area contributed by atoms with Crippen molar-refractivity contribution in [3.8, 4) is 39.9 Å². The maximum absolute atomic E-state index is 13.2. The minimum absolute atomic E-state index is 0.0282. The molecule has 1 atom stereocenters. The smallest absolute Gasteiger partial charge is 0.315 e. The van der Waals surface area contributed by atoms with E-state index in [0.717, 1.165) is 11.1 Å². The lowest BCUT2D eigenvalue weighted by Gasteiger charge is -2.20. The summed E-state index contributed by atoms with van der Waals surface area (Å²) in [6.45, 7) is 2.04. The van der Waals surface area contributed by atoms with Crippen LogP contribution in [0.3, 0.4) is 0 Å². The van der Waals surface area contributed by atoms with Gasteiger partial charge in [-0.2, -0.15) is 0 Å². The zero-order valence-electron chi connectivity index (χ0n) is 35.1. The fourth-order valence-corrected chi connectivity index (χ4v) is 8.17. The van der Waals surface area contributed by atoms with Crippen molar-refractivity contribution in [1.82, 2.24) is 0 Å². The first kappa shape index (κ1) is 45.6. The van der Waals surface area contributed by atoms with E-state index in [9.17, 15) is 26.8 Å². The van der Waals surface area contributed by atoms with E-state index in [4.69, 9.17) is 23.7 Å². The van der Waals surface area contributed by atoms with Gasteiger partial charge in [0.15, 0.2) is 17.3 Å². The number of rotatable bonds is 21. The van der Waals surface area contributed by atoms with Crippen molar-refractivity contribution in [2.75, 3.05) is 35.5 Å². The van der Waals surface area contributed by atoms with Crippen LogP contribution in [-0.2, 0) is 32.5 Å². The Morgan fingerprint density at radius 1 is 0.569 bits per heavy atom. The van der Waals surface area contributed by atoms with Crippen LogP contribution in [0.25, 0.3) is 11.1 Å². The largest absolute Gasteiger partial charge is 0.490 e. The number of sulfonamides is 1. The Labute approximate surface area is 379 Å². The van der Waals surface area contributed by atoms with Crippen molar-refractivity contribution in [3.63, 3.8) is 0 Å². The first-order chi connectivity index (χ1) is 31.5. The topological polar surface area (TPSA) is 167 Å². The van der Waals surface area contributed by atoms with E-state index in [1.165, 1.54) is 35.5 Å². The predicted molar refractivity (Wildman–Crippen MR) is 249 cm³/mol. The standard InChI is InChI=1S/C50H44N2O11S2/c1-36(53)37-17-29-46(30-18-37)65(57,58)51-41-19-25-44(26-20-41)59-32-34-62-48-13-7-8-14-49(48)63-50(54)35-40-11-5-6-12-47(40)61-33-31-60-45-27-23-43(24-28-45)52(64(55)56)42-21-15-39(16-22-42)38-9-3-2-4-10-38/h2-30,51H,31-35H2,1H3,(H,55,56). The lowest BCUT2D eigenvalue weighted by atomic mass is 10.1. The Hall–Kier alpha value is -7.46. The molecule has 2 N–H and O–H groups in total. The number of carbonyl (C=O) groups is 2. The van der Waals surface area contributed by atoms with Gasteiger partial charge in [-0.1, -0.05) is 84.9 Å². The molecule has 7 aromatic carbocycles. The molecule has 0 aliphatic rings. The molecule has 0 heterocycles. The summed E-state index contributed by atoms with van der Waals surface area (Å²) in [4.78, 5) is 24.7. The molecule has 332 valence electrons. The first-order valence-corrected chi connectivity index (χ1v) is 22.9. The number of anilines is 3. The van der Waals surface area contributed by atoms with Gasteiger partial charge in [0.1, 0.15) is 43.7 Å². The van der Waals surface area contributed by atoms with Crippen molar-refractivity contribution in [2.24, 2.45) is 0 Å². The molecule has 0 saturated heterocycles. The second-order valence-corrected chi connectivity index (χ2v) is 16.8. The van der Waals surface area contributed by atoms with Gasteiger partial charge >= 0.3 is 5.97 Å². The fourth-order valence-electron chi connectivity index (χ4n) is 6.51. The van der Waals surface area contributed by atoms with Crippen molar-refractivity contribution in [2.45, 2.75) is 18.2 Å². The number of esters is 1. The average Bonchev–Trinajstić information content (AvgIpc) is 3.31. The van der Waals surface area contributed by atoms with Crippen LogP contribution < -0.4 is 32.7 Å². The van der Waals surface area contributed by atoms with Gasteiger partial charge in [-0.25, -0.2) is 16.9 Å². The van der Waals surface area contributed by atoms with E-state index < -0.39 is 27.3 Å². The number of para-hydroxylation sites is 3. The Balaban J connectivity index is 0.849. The molecule has 7 rings (SSSR count). The third-order valence-corrected chi connectivity index (χ3v) is 11.8. The summed E-state index contributed by atoms with van der Waals surface area (Å²) in [7, 11) is -3.86. The summed E-state index contributed by atoms with van der Waals surface area (Å²) in [6, 6.07) is 50.1. The molecule has 0 spiro atoms. The molecule has 15 heteroatoms. The SMILES string of the molecule is CC(=O)c1ccc(S(=O)(=O)Nc2ccc(OCCOc3ccccc3OC(=O)Cc3ccccc3OCCOc3ccc(N(c4ccc(-c5ccccc5)cc4)S(=O)O)cc3)cc2)cc1. The third kappa shape index (κ3) is 12.6. The van der Waals surface area contributed by atoms with Gasteiger partial charge in [0.2, 0.25) is 0 Å². The number of benzene rings is 7. The Kier molecular flexibility index (Phi) is 15.2. The van der Waals surface area contributed by atoms with Crippen LogP contribution in [-0.4, -0.2) is 55.4 Å². The highest BCUT2D eigenvalue weighted by Crippen LogP contribution is 2.32.